The van der Waals surface area contributed by atoms with Crippen molar-refractivity contribution in [3.63, 3.8) is 0 Å². The molecule has 0 saturated heterocycles. The molecule has 0 aliphatic heterocycles. The summed E-state index contributed by atoms with van der Waals surface area (Å²) >= 11 is 0. The van der Waals surface area contributed by atoms with Gasteiger partial charge in [0, 0.05) is 11.8 Å². The van der Waals surface area contributed by atoms with Crippen LogP contribution in [0.15, 0.2) is 54.8 Å². The second-order valence-corrected chi connectivity index (χ2v) is 5.15. The first-order valence-electron chi connectivity index (χ1n) is 7.22. The standard InChI is InChI=1S/C18H15N3O/c1-22-15-9-5-4-8-14(15)17-16-13(12-6-2-3-7-12)10-11-19-18(16)21-20-17/h2,4-11H,3H2,1H3,(H,19,20,21). The third-order valence-corrected chi connectivity index (χ3v) is 3.91. The van der Waals surface area contributed by atoms with Crippen LogP contribution in [0.1, 0.15) is 12.0 Å². The molecule has 1 aromatic carbocycles. The van der Waals surface area contributed by atoms with Gasteiger partial charge in [0.15, 0.2) is 5.65 Å². The molecule has 0 spiro atoms. The number of methoxy groups -OCH3 is 1. The van der Waals surface area contributed by atoms with Gasteiger partial charge < -0.3 is 4.74 Å². The Hall–Kier alpha value is -2.88. The number of aromatic nitrogens is 3. The maximum absolute atomic E-state index is 5.49. The van der Waals surface area contributed by atoms with E-state index in [-0.39, 0.29) is 0 Å². The Bertz CT molecular complexity index is 906. The molecule has 4 nitrogen and oxygen atoms in total. The van der Waals surface area contributed by atoms with Gasteiger partial charge in [-0.3, -0.25) is 5.10 Å². The fourth-order valence-electron chi connectivity index (χ4n) is 2.89. The van der Waals surface area contributed by atoms with Crippen LogP contribution in [0.5, 0.6) is 5.75 Å². The van der Waals surface area contributed by atoms with Crippen molar-refractivity contribution < 1.29 is 4.74 Å². The number of H-pyrrole nitrogens is 1. The molecule has 22 heavy (non-hydrogen) atoms. The molecule has 0 unspecified atom stereocenters. The fourth-order valence-corrected chi connectivity index (χ4v) is 2.89. The summed E-state index contributed by atoms with van der Waals surface area (Å²) in [6, 6.07) is 9.98. The molecule has 0 atom stereocenters. The Morgan fingerprint density at radius 1 is 1.14 bits per heavy atom. The molecular formula is C18H15N3O. The first kappa shape index (κ1) is 12.8. The van der Waals surface area contributed by atoms with Crippen LogP contribution in [-0.4, -0.2) is 22.3 Å². The third-order valence-electron chi connectivity index (χ3n) is 3.91. The molecule has 0 bridgehead atoms. The van der Waals surface area contributed by atoms with E-state index < -0.39 is 0 Å². The number of para-hydroxylation sites is 1. The van der Waals surface area contributed by atoms with E-state index in [2.05, 4.69) is 33.4 Å². The number of aromatic amines is 1. The average molecular weight is 289 g/mol. The van der Waals surface area contributed by atoms with Crippen LogP contribution >= 0.6 is 0 Å². The van der Waals surface area contributed by atoms with Gasteiger partial charge >= 0.3 is 0 Å². The van der Waals surface area contributed by atoms with Gasteiger partial charge in [0.2, 0.25) is 0 Å². The number of hydrogen-bond acceptors (Lipinski definition) is 3. The number of pyridine rings is 1. The second kappa shape index (κ2) is 5.15. The lowest BCUT2D eigenvalue weighted by Crippen LogP contribution is -1.90. The van der Waals surface area contributed by atoms with Crippen molar-refractivity contribution in [2.75, 3.05) is 7.11 Å². The highest BCUT2D eigenvalue weighted by molar-refractivity contribution is 6.02. The first-order valence-corrected chi connectivity index (χ1v) is 7.22. The van der Waals surface area contributed by atoms with Crippen molar-refractivity contribution in [1.29, 1.82) is 0 Å². The van der Waals surface area contributed by atoms with Crippen molar-refractivity contribution in [2.45, 2.75) is 6.42 Å². The van der Waals surface area contributed by atoms with Crippen molar-refractivity contribution >= 4 is 16.6 Å². The van der Waals surface area contributed by atoms with E-state index in [1.54, 1.807) is 13.3 Å². The van der Waals surface area contributed by atoms with E-state index in [9.17, 15) is 0 Å². The van der Waals surface area contributed by atoms with Crippen LogP contribution in [0.25, 0.3) is 27.9 Å². The molecule has 3 aromatic rings. The Morgan fingerprint density at radius 2 is 2.05 bits per heavy atom. The summed E-state index contributed by atoms with van der Waals surface area (Å²) in [6.45, 7) is 0. The van der Waals surface area contributed by atoms with Gasteiger partial charge in [0.1, 0.15) is 5.75 Å². The van der Waals surface area contributed by atoms with E-state index in [4.69, 9.17) is 4.74 Å². The summed E-state index contributed by atoms with van der Waals surface area (Å²) in [4.78, 5) is 4.38. The third kappa shape index (κ3) is 1.92. The minimum absolute atomic E-state index is 0.722. The summed E-state index contributed by atoms with van der Waals surface area (Å²) in [7, 11) is 1.68. The number of ether oxygens (including phenoxy) is 1. The fraction of sp³-hybridized carbons (Fsp3) is 0.111. The van der Waals surface area contributed by atoms with Crippen LogP contribution in [0.2, 0.25) is 0 Å². The van der Waals surface area contributed by atoms with Crippen LogP contribution in [-0.2, 0) is 0 Å². The Kier molecular flexibility index (Phi) is 3.00. The summed E-state index contributed by atoms with van der Waals surface area (Å²) in [6.07, 6.45) is 9.30. The van der Waals surface area contributed by atoms with Crippen molar-refractivity contribution in [3.05, 3.63) is 60.3 Å². The summed E-state index contributed by atoms with van der Waals surface area (Å²) in [5.41, 5.74) is 5.01. The minimum Gasteiger partial charge on any atom is -0.496 e. The quantitative estimate of drug-likeness (QED) is 0.793. The number of hydrogen-bond donors (Lipinski definition) is 1. The highest BCUT2D eigenvalue weighted by Gasteiger charge is 2.17. The van der Waals surface area contributed by atoms with Crippen molar-refractivity contribution in [1.82, 2.24) is 15.2 Å². The minimum atomic E-state index is 0.722. The molecule has 2 heterocycles. The van der Waals surface area contributed by atoms with Crippen LogP contribution in [0.4, 0.5) is 0 Å². The highest BCUT2D eigenvalue weighted by Crippen LogP contribution is 2.37. The number of nitrogens with one attached hydrogen (secondary N) is 1. The van der Waals surface area contributed by atoms with E-state index in [1.165, 1.54) is 5.57 Å². The first-order chi connectivity index (χ1) is 10.9. The van der Waals surface area contributed by atoms with E-state index in [1.807, 2.05) is 30.3 Å². The molecule has 0 radical (unpaired) electrons. The van der Waals surface area contributed by atoms with Crippen molar-refractivity contribution in [2.24, 2.45) is 0 Å². The molecule has 1 N–H and O–H groups in total. The molecule has 0 amide bonds. The topological polar surface area (TPSA) is 50.8 Å². The Balaban J connectivity index is 2.01. The molecule has 2 aromatic heterocycles. The van der Waals surface area contributed by atoms with Gasteiger partial charge in [0.05, 0.1) is 18.2 Å². The Labute approximate surface area is 128 Å². The van der Waals surface area contributed by atoms with E-state index >= 15 is 0 Å². The zero-order chi connectivity index (χ0) is 14.9. The van der Waals surface area contributed by atoms with Gasteiger partial charge in [-0.2, -0.15) is 5.10 Å². The Morgan fingerprint density at radius 3 is 2.86 bits per heavy atom. The molecule has 4 heteroatoms. The molecule has 0 fully saturated rings. The monoisotopic (exact) mass is 289 g/mol. The summed E-state index contributed by atoms with van der Waals surface area (Å²) in [5.74, 6) is 0.818. The van der Waals surface area contributed by atoms with E-state index in [0.717, 1.165) is 40.0 Å². The van der Waals surface area contributed by atoms with E-state index in [0.29, 0.717) is 0 Å². The molecule has 1 aliphatic carbocycles. The molecule has 1 aliphatic rings. The second-order valence-electron chi connectivity index (χ2n) is 5.15. The lowest BCUT2D eigenvalue weighted by atomic mass is 10.00. The van der Waals surface area contributed by atoms with Crippen LogP contribution in [0.3, 0.4) is 0 Å². The number of allylic oxidation sites excluding steroid dienone is 4. The predicted molar refractivity (Wildman–Crippen MR) is 87.6 cm³/mol. The zero-order valence-corrected chi connectivity index (χ0v) is 12.2. The number of rotatable bonds is 3. The van der Waals surface area contributed by atoms with Crippen molar-refractivity contribution in [3.8, 4) is 17.0 Å². The molecule has 108 valence electrons. The van der Waals surface area contributed by atoms with Crippen LogP contribution < -0.4 is 4.74 Å². The zero-order valence-electron chi connectivity index (χ0n) is 12.2. The van der Waals surface area contributed by atoms with Gasteiger partial charge in [-0.1, -0.05) is 30.4 Å². The van der Waals surface area contributed by atoms with Gasteiger partial charge in [-0.05, 0) is 35.8 Å². The summed E-state index contributed by atoms with van der Waals surface area (Å²) < 4.78 is 5.49. The molecule has 4 rings (SSSR count). The maximum atomic E-state index is 5.49. The number of benzene rings is 1. The SMILES string of the molecule is COc1ccccc1-c1[nH]nc2nccc(C3=CCC=C3)c12. The summed E-state index contributed by atoms with van der Waals surface area (Å²) in [5, 5.41) is 8.52. The molecule has 0 saturated carbocycles. The normalized spacial score (nSPS) is 13.6. The predicted octanol–water partition coefficient (Wildman–Crippen LogP) is 3.98. The average Bonchev–Trinajstić information content (AvgIpc) is 3.24. The highest BCUT2D eigenvalue weighted by atomic mass is 16.5. The maximum Gasteiger partial charge on any atom is 0.182 e. The van der Waals surface area contributed by atoms with Gasteiger partial charge in [-0.15, -0.1) is 0 Å². The number of fused-ring (bicyclic) bond motifs is 1. The van der Waals surface area contributed by atoms with Crippen LogP contribution in [0, 0.1) is 0 Å². The van der Waals surface area contributed by atoms with Gasteiger partial charge in [0.25, 0.3) is 0 Å². The molecular weight excluding hydrogens is 274 g/mol. The lowest BCUT2D eigenvalue weighted by molar-refractivity contribution is 0.416. The number of nitrogens with zero attached hydrogens (tertiary/aromatic N) is 2. The largest absolute Gasteiger partial charge is 0.496 e. The smallest absolute Gasteiger partial charge is 0.182 e. The van der Waals surface area contributed by atoms with Gasteiger partial charge in [-0.25, -0.2) is 4.98 Å². The lowest BCUT2D eigenvalue weighted by Gasteiger charge is -2.08.